The first-order valence-corrected chi connectivity index (χ1v) is 7.44. The first kappa shape index (κ1) is 13.5. The molecule has 2 fully saturated rings. The standard InChI is InChI=1S/C15H17N3O4/c1-10-16-17-14(22-10)15-5-8-21-12(15)4-6-18(9-15)13(19)11-3-2-7-20-11/h2-3,7,12H,4-6,8-9H2,1H3/t12-,15-/m0/s1. The smallest absolute Gasteiger partial charge is 0.289 e. The highest BCUT2D eigenvalue weighted by atomic mass is 16.5. The Kier molecular flexibility index (Phi) is 3.04. The Morgan fingerprint density at radius 2 is 2.36 bits per heavy atom. The molecule has 1 amide bonds. The summed E-state index contributed by atoms with van der Waals surface area (Å²) in [6.45, 7) is 3.57. The molecule has 2 saturated heterocycles. The normalized spacial score (nSPS) is 27.9. The molecule has 7 heteroatoms. The van der Waals surface area contributed by atoms with Crippen molar-refractivity contribution in [3.05, 3.63) is 35.9 Å². The number of nitrogens with zero attached hydrogens (tertiary/aromatic N) is 3. The zero-order valence-corrected chi connectivity index (χ0v) is 12.3. The van der Waals surface area contributed by atoms with E-state index in [0.717, 1.165) is 12.8 Å². The summed E-state index contributed by atoms with van der Waals surface area (Å²) in [5.41, 5.74) is -0.401. The van der Waals surface area contributed by atoms with Crippen LogP contribution >= 0.6 is 0 Å². The van der Waals surface area contributed by atoms with Crippen LogP contribution in [0.3, 0.4) is 0 Å². The second kappa shape index (κ2) is 4.95. The molecule has 4 heterocycles. The minimum Gasteiger partial charge on any atom is -0.459 e. The van der Waals surface area contributed by atoms with E-state index >= 15 is 0 Å². The summed E-state index contributed by atoms with van der Waals surface area (Å²) in [6.07, 6.45) is 3.07. The van der Waals surface area contributed by atoms with Crippen LogP contribution in [0.5, 0.6) is 0 Å². The summed E-state index contributed by atoms with van der Waals surface area (Å²) < 4.78 is 16.8. The van der Waals surface area contributed by atoms with Gasteiger partial charge >= 0.3 is 0 Å². The molecule has 0 saturated carbocycles. The quantitative estimate of drug-likeness (QED) is 0.837. The van der Waals surface area contributed by atoms with Crippen LogP contribution in [-0.4, -0.2) is 46.8 Å². The molecular weight excluding hydrogens is 286 g/mol. The summed E-state index contributed by atoms with van der Waals surface area (Å²) >= 11 is 0. The third kappa shape index (κ3) is 1.96. The number of likely N-dealkylation sites (tertiary alicyclic amines) is 1. The number of aryl methyl sites for hydroxylation is 1. The van der Waals surface area contributed by atoms with Crippen LogP contribution in [0.15, 0.2) is 27.2 Å². The molecule has 22 heavy (non-hydrogen) atoms. The fourth-order valence-electron chi connectivity index (χ4n) is 3.48. The average Bonchev–Trinajstić information content (AvgIpc) is 3.26. The van der Waals surface area contributed by atoms with E-state index in [-0.39, 0.29) is 12.0 Å². The molecule has 2 aliphatic rings. The van der Waals surface area contributed by atoms with Crippen molar-refractivity contribution in [1.29, 1.82) is 0 Å². The Bertz CT molecular complexity index is 681. The third-order valence-electron chi connectivity index (χ3n) is 4.59. The van der Waals surface area contributed by atoms with E-state index in [1.807, 2.05) is 0 Å². The number of aromatic nitrogens is 2. The van der Waals surface area contributed by atoms with Crippen LogP contribution < -0.4 is 0 Å². The second-order valence-electron chi connectivity index (χ2n) is 5.88. The molecule has 7 nitrogen and oxygen atoms in total. The van der Waals surface area contributed by atoms with Gasteiger partial charge in [-0.3, -0.25) is 4.79 Å². The topological polar surface area (TPSA) is 81.6 Å². The van der Waals surface area contributed by atoms with E-state index in [1.54, 1.807) is 24.0 Å². The molecule has 0 N–H and O–H groups in total. The average molecular weight is 303 g/mol. The molecule has 0 radical (unpaired) electrons. The van der Waals surface area contributed by atoms with Crippen molar-refractivity contribution in [3.63, 3.8) is 0 Å². The van der Waals surface area contributed by atoms with Gasteiger partial charge in [0.25, 0.3) is 5.91 Å². The highest BCUT2D eigenvalue weighted by Crippen LogP contribution is 2.43. The largest absolute Gasteiger partial charge is 0.459 e. The molecule has 2 aromatic rings. The van der Waals surface area contributed by atoms with Gasteiger partial charge in [0.05, 0.1) is 17.8 Å². The van der Waals surface area contributed by atoms with E-state index in [4.69, 9.17) is 13.6 Å². The highest BCUT2D eigenvalue weighted by Gasteiger charge is 2.53. The van der Waals surface area contributed by atoms with Gasteiger partial charge in [0.15, 0.2) is 5.76 Å². The minimum atomic E-state index is -0.401. The van der Waals surface area contributed by atoms with Gasteiger partial charge in [-0.2, -0.15) is 0 Å². The maximum atomic E-state index is 12.6. The molecule has 0 unspecified atom stereocenters. The first-order chi connectivity index (χ1) is 10.7. The summed E-state index contributed by atoms with van der Waals surface area (Å²) in [6, 6.07) is 3.40. The van der Waals surface area contributed by atoms with Crippen LogP contribution in [0.2, 0.25) is 0 Å². The van der Waals surface area contributed by atoms with E-state index in [1.165, 1.54) is 6.26 Å². The molecule has 2 atom stereocenters. The Morgan fingerprint density at radius 3 is 3.09 bits per heavy atom. The molecule has 2 aromatic heterocycles. The van der Waals surface area contributed by atoms with Crippen LogP contribution in [0.1, 0.15) is 35.2 Å². The summed E-state index contributed by atoms with van der Waals surface area (Å²) in [5.74, 6) is 1.36. The van der Waals surface area contributed by atoms with Gasteiger partial charge in [0, 0.05) is 26.6 Å². The predicted molar refractivity (Wildman–Crippen MR) is 74.3 cm³/mol. The summed E-state index contributed by atoms with van der Waals surface area (Å²) in [7, 11) is 0. The Hall–Kier alpha value is -2.15. The lowest BCUT2D eigenvalue weighted by molar-refractivity contribution is 0.00852. The van der Waals surface area contributed by atoms with Crippen LogP contribution in [0.25, 0.3) is 0 Å². The molecular formula is C15H17N3O4. The Labute approximate surface area is 127 Å². The second-order valence-corrected chi connectivity index (χ2v) is 5.88. The number of hydrogen-bond donors (Lipinski definition) is 0. The van der Waals surface area contributed by atoms with Crippen molar-refractivity contribution in [2.45, 2.75) is 31.3 Å². The summed E-state index contributed by atoms with van der Waals surface area (Å²) in [5, 5.41) is 8.14. The van der Waals surface area contributed by atoms with E-state index < -0.39 is 5.41 Å². The molecule has 2 aliphatic heterocycles. The third-order valence-corrected chi connectivity index (χ3v) is 4.59. The van der Waals surface area contributed by atoms with Crippen LogP contribution in [0, 0.1) is 6.92 Å². The number of carbonyl (C=O) groups is 1. The molecule has 0 spiro atoms. The number of amides is 1. The number of ether oxygens (including phenoxy) is 1. The minimum absolute atomic E-state index is 0.0213. The molecule has 116 valence electrons. The van der Waals surface area contributed by atoms with Gasteiger partial charge in [-0.1, -0.05) is 0 Å². The van der Waals surface area contributed by atoms with Crippen molar-refractivity contribution in [1.82, 2.24) is 15.1 Å². The number of piperidine rings is 1. The maximum Gasteiger partial charge on any atom is 0.289 e. The number of furan rings is 1. The maximum absolute atomic E-state index is 12.6. The fraction of sp³-hybridized carbons (Fsp3) is 0.533. The van der Waals surface area contributed by atoms with Crippen molar-refractivity contribution in [2.24, 2.45) is 0 Å². The van der Waals surface area contributed by atoms with Crippen molar-refractivity contribution in [2.75, 3.05) is 19.7 Å². The van der Waals surface area contributed by atoms with Crippen LogP contribution in [-0.2, 0) is 10.2 Å². The Balaban J connectivity index is 1.65. The van der Waals surface area contributed by atoms with Crippen LogP contribution in [0.4, 0.5) is 0 Å². The fourth-order valence-corrected chi connectivity index (χ4v) is 3.48. The highest BCUT2D eigenvalue weighted by molar-refractivity contribution is 5.91. The monoisotopic (exact) mass is 303 g/mol. The van der Waals surface area contributed by atoms with E-state index in [9.17, 15) is 4.79 Å². The van der Waals surface area contributed by atoms with Crippen molar-refractivity contribution < 1.29 is 18.4 Å². The number of fused-ring (bicyclic) bond motifs is 1. The van der Waals surface area contributed by atoms with Gasteiger partial charge in [-0.05, 0) is 25.0 Å². The van der Waals surface area contributed by atoms with E-state index in [0.29, 0.717) is 37.2 Å². The van der Waals surface area contributed by atoms with Gasteiger partial charge in [0.2, 0.25) is 11.8 Å². The van der Waals surface area contributed by atoms with Gasteiger partial charge < -0.3 is 18.5 Å². The Morgan fingerprint density at radius 1 is 1.45 bits per heavy atom. The first-order valence-electron chi connectivity index (χ1n) is 7.44. The molecule has 4 rings (SSSR count). The number of carbonyl (C=O) groups excluding carboxylic acids is 1. The predicted octanol–water partition coefficient (Wildman–Crippen LogP) is 1.54. The SMILES string of the molecule is Cc1nnc([C@]23CCO[C@H]2CCN(C(=O)c2ccco2)C3)o1. The molecule has 0 aliphatic carbocycles. The van der Waals surface area contributed by atoms with Gasteiger partial charge in [-0.25, -0.2) is 0 Å². The zero-order valence-electron chi connectivity index (χ0n) is 12.3. The lowest BCUT2D eigenvalue weighted by Gasteiger charge is -2.41. The number of hydrogen-bond acceptors (Lipinski definition) is 6. The lowest BCUT2D eigenvalue weighted by Crippen LogP contribution is -2.54. The summed E-state index contributed by atoms with van der Waals surface area (Å²) in [4.78, 5) is 14.3. The van der Waals surface area contributed by atoms with Crippen molar-refractivity contribution >= 4 is 5.91 Å². The lowest BCUT2D eigenvalue weighted by atomic mass is 9.76. The van der Waals surface area contributed by atoms with Crippen molar-refractivity contribution in [3.8, 4) is 0 Å². The zero-order chi connectivity index (χ0) is 15.2. The van der Waals surface area contributed by atoms with E-state index in [2.05, 4.69) is 10.2 Å². The number of rotatable bonds is 2. The van der Waals surface area contributed by atoms with Gasteiger partial charge in [-0.15, -0.1) is 10.2 Å². The van der Waals surface area contributed by atoms with Gasteiger partial charge in [0.1, 0.15) is 0 Å². The molecule has 0 aromatic carbocycles. The molecule has 0 bridgehead atoms.